The molecule has 1 heterocycles. The number of carbonyl (C=O) groups excluding carboxylic acids is 1. The van der Waals surface area contributed by atoms with E-state index in [0.717, 1.165) is 25.9 Å². The van der Waals surface area contributed by atoms with E-state index in [0.29, 0.717) is 31.4 Å². The maximum atomic E-state index is 11.9. The summed E-state index contributed by atoms with van der Waals surface area (Å²) in [5.74, 6) is 6.64. The number of nitrogens with one attached hydrogen (secondary N) is 2. The SMILES string of the molecule is CC(C)CN=C(NN)NCCC(=O)N1CCCCC1. The average molecular weight is 269 g/mol. The fraction of sp³-hybridized carbons (Fsp3) is 0.846. The van der Waals surface area contributed by atoms with Crippen LogP contribution in [0.1, 0.15) is 39.5 Å². The van der Waals surface area contributed by atoms with Gasteiger partial charge in [-0.25, -0.2) is 5.84 Å². The van der Waals surface area contributed by atoms with Crippen molar-refractivity contribution >= 4 is 11.9 Å². The number of hydrogen-bond acceptors (Lipinski definition) is 3. The third-order valence-corrected chi connectivity index (χ3v) is 3.09. The lowest BCUT2D eigenvalue weighted by molar-refractivity contribution is -0.131. The molecule has 1 amide bonds. The normalized spacial score (nSPS) is 16.6. The summed E-state index contributed by atoms with van der Waals surface area (Å²) in [6.45, 7) is 7.28. The van der Waals surface area contributed by atoms with Gasteiger partial charge in [0.1, 0.15) is 0 Å². The van der Waals surface area contributed by atoms with Crippen LogP contribution in [-0.2, 0) is 4.79 Å². The van der Waals surface area contributed by atoms with Gasteiger partial charge >= 0.3 is 0 Å². The Balaban J connectivity index is 2.23. The van der Waals surface area contributed by atoms with E-state index in [1.165, 1.54) is 6.42 Å². The molecule has 0 aliphatic carbocycles. The van der Waals surface area contributed by atoms with E-state index in [1.807, 2.05) is 4.90 Å². The number of hydrazine groups is 1. The molecule has 0 bridgehead atoms. The third kappa shape index (κ3) is 6.42. The van der Waals surface area contributed by atoms with Gasteiger partial charge in [0.05, 0.1) is 0 Å². The number of hydrogen-bond donors (Lipinski definition) is 3. The van der Waals surface area contributed by atoms with E-state index >= 15 is 0 Å². The van der Waals surface area contributed by atoms with Crippen LogP contribution in [0, 0.1) is 5.92 Å². The Morgan fingerprint density at radius 2 is 2.00 bits per heavy atom. The van der Waals surface area contributed by atoms with Crippen LogP contribution in [0.5, 0.6) is 0 Å². The summed E-state index contributed by atoms with van der Waals surface area (Å²) in [6.07, 6.45) is 3.99. The van der Waals surface area contributed by atoms with Crippen molar-refractivity contribution in [2.24, 2.45) is 16.8 Å². The van der Waals surface area contributed by atoms with Gasteiger partial charge in [-0.15, -0.1) is 0 Å². The molecule has 110 valence electrons. The lowest BCUT2D eigenvalue weighted by Gasteiger charge is -2.26. The van der Waals surface area contributed by atoms with E-state index in [-0.39, 0.29) is 5.91 Å². The highest BCUT2D eigenvalue weighted by Gasteiger charge is 2.15. The molecule has 0 saturated carbocycles. The minimum absolute atomic E-state index is 0.215. The van der Waals surface area contributed by atoms with Crippen molar-refractivity contribution in [2.75, 3.05) is 26.2 Å². The molecule has 0 aromatic carbocycles. The summed E-state index contributed by atoms with van der Waals surface area (Å²) >= 11 is 0. The second-order valence-electron chi connectivity index (χ2n) is 5.35. The molecule has 0 aromatic heterocycles. The third-order valence-electron chi connectivity index (χ3n) is 3.09. The van der Waals surface area contributed by atoms with Crippen LogP contribution in [-0.4, -0.2) is 42.9 Å². The number of piperidine rings is 1. The van der Waals surface area contributed by atoms with Gasteiger partial charge in [-0.05, 0) is 25.2 Å². The average Bonchev–Trinajstić information content (AvgIpc) is 2.43. The van der Waals surface area contributed by atoms with Crippen molar-refractivity contribution in [3.8, 4) is 0 Å². The molecule has 0 spiro atoms. The minimum atomic E-state index is 0.215. The molecule has 1 saturated heterocycles. The van der Waals surface area contributed by atoms with Crippen LogP contribution >= 0.6 is 0 Å². The Labute approximate surface area is 115 Å². The summed E-state index contributed by atoms with van der Waals surface area (Å²) in [7, 11) is 0. The Bertz CT molecular complexity index is 297. The molecule has 1 aliphatic heterocycles. The summed E-state index contributed by atoms with van der Waals surface area (Å²) in [5.41, 5.74) is 2.52. The van der Waals surface area contributed by atoms with E-state index in [9.17, 15) is 4.79 Å². The van der Waals surface area contributed by atoms with Crippen LogP contribution in [0.15, 0.2) is 4.99 Å². The Morgan fingerprint density at radius 1 is 1.32 bits per heavy atom. The molecule has 0 unspecified atom stereocenters. The van der Waals surface area contributed by atoms with E-state index < -0.39 is 0 Å². The van der Waals surface area contributed by atoms with Crippen molar-refractivity contribution < 1.29 is 4.79 Å². The molecule has 0 aromatic rings. The number of guanidine groups is 1. The number of carbonyl (C=O) groups is 1. The summed E-state index contributed by atoms with van der Waals surface area (Å²) in [5, 5.41) is 3.06. The molecule has 0 radical (unpaired) electrons. The topological polar surface area (TPSA) is 82.7 Å². The first-order valence-electron chi connectivity index (χ1n) is 7.16. The highest BCUT2D eigenvalue weighted by molar-refractivity contribution is 5.80. The molecule has 6 heteroatoms. The van der Waals surface area contributed by atoms with E-state index in [4.69, 9.17) is 5.84 Å². The van der Waals surface area contributed by atoms with E-state index in [2.05, 4.69) is 29.6 Å². The number of likely N-dealkylation sites (tertiary alicyclic amines) is 1. The predicted octanol–water partition coefficient (Wildman–Crippen LogP) is 0.454. The van der Waals surface area contributed by atoms with E-state index in [1.54, 1.807) is 0 Å². The zero-order valence-electron chi connectivity index (χ0n) is 12.1. The van der Waals surface area contributed by atoms with Gasteiger partial charge in [0.25, 0.3) is 0 Å². The molecule has 19 heavy (non-hydrogen) atoms. The standard InChI is InChI=1S/C13H27N5O/c1-11(2)10-16-13(17-14)15-7-6-12(19)18-8-4-3-5-9-18/h11H,3-10,14H2,1-2H3,(H2,15,16,17). The van der Waals surface area contributed by atoms with Crippen LogP contribution in [0.25, 0.3) is 0 Å². The quantitative estimate of drug-likeness (QED) is 0.293. The smallest absolute Gasteiger partial charge is 0.224 e. The van der Waals surface area contributed by atoms with Gasteiger partial charge in [-0.1, -0.05) is 13.8 Å². The number of amides is 1. The summed E-state index contributed by atoms with van der Waals surface area (Å²) in [4.78, 5) is 18.2. The molecule has 0 atom stereocenters. The zero-order valence-corrected chi connectivity index (χ0v) is 12.1. The van der Waals surface area contributed by atoms with Crippen molar-refractivity contribution in [3.63, 3.8) is 0 Å². The molecule has 6 nitrogen and oxygen atoms in total. The summed E-state index contributed by atoms with van der Waals surface area (Å²) < 4.78 is 0. The van der Waals surface area contributed by atoms with Gasteiger partial charge in [-0.2, -0.15) is 0 Å². The van der Waals surface area contributed by atoms with Gasteiger partial charge in [0, 0.05) is 32.6 Å². The Kier molecular flexibility index (Phi) is 7.25. The zero-order chi connectivity index (χ0) is 14.1. The molecule has 1 aliphatic rings. The second-order valence-corrected chi connectivity index (χ2v) is 5.35. The lowest BCUT2D eigenvalue weighted by Crippen LogP contribution is -2.44. The number of nitrogens with zero attached hydrogens (tertiary/aromatic N) is 2. The monoisotopic (exact) mass is 269 g/mol. The number of rotatable bonds is 5. The van der Waals surface area contributed by atoms with Gasteiger partial charge in [-0.3, -0.25) is 15.2 Å². The van der Waals surface area contributed by atoms with Crippen LogP contribution in [0.3, 0.4) is 0 Å². The van der Waals surface area contributed by atoms with Crippen molar-refractivity contribution in [2.45, 2.75) is 39.5 Å². The van der Waals surface area contributed by atoms with Crippen LogP contribution < -0.4 is 16.6 Å². The molecule has 1 fully saturated rings. The fourth-order valence-electron chi connectivity index (χ4n) is 2.02. The highest BCUT2D eigenvalue weighted by atomic mass is 16.2. The van der Waals surface area contributed by atoms with Crippen LogP contribution in [0.2, 0.25) is 0 Å². The largest absolute Gasteiger partial charge is 0.355 e. The van der Waals surface area contributed by atoms with Crippen LogP contribution in [0.4, 0.5) is 0 Å². The predicted molar refractivity (Wildman–Crippen MR) is 77.5 cm³/mol. The number of nitrogens with two attached hydrogens (primary N) is 1. The van der Waals surface area contributed by atoms with Crippen molar-refractivity contribution in [1.82, 2.24) is 15.6 Å². The van der Waals surface area contributed by atoms with Crippen molar-refractivity contribution in [1.29, 1.82) is 0 Å². The first-order valence-corrected chi connectivity index (χ1v) is 7.16. The second kappa shape index (κ2) is 8.74. The molecular weight excluding hydrogens is 242 g/mol. The first-order chi connectivity index (χ1) is 9.13. The highest BCUT2D eigenvalue weighted by Crippen LogP contribution is 2.09. The molecular formula is C13H27N5O. The Morgan fingerprint density at radius 3 is 2.58 bits per heavy atom. The molecule has 4 N–H and O–H groups in total. The van der Waals surface area contributed by atoms with Gasteiger partial charge in [0.2, 0.25) is 11.9 Å². The Hall–Kier alpha value is -1.30. The summed E-state index contributed by atoms with van der Waals surface area (Å²) in [6, 6.07) is 0. The minimum Gasteiger partial charge on any atom is -0.355 e. The maximum Gasteiger partial charge on any atom is 0.224 e. The van der Waals surface area contributed by atoms with Gasteiger partial charge < -0.3 is 10.2 Å². The lowest BCUT2D eigenvalue weighted by atomic mass is 10.1. The fourth-order valence-corrected chi connectivity index (χ4v) is 2.02. The molecule has 1 rings (SSSR count). The number of aliphatic imine (C=N–C) groups is 1. The van der Waals surface area contributed by atoms with Crippen molar-refractivity contribution in [3.05, 3.63) is 0 Å². The first kappa shape index (κ1) is 15.8. The van der Waals surface area contributed by atoms with Gasteiger partial charge in [0.15, 0.2) is 0 Å². The maximum absolute atomic E-state index is 11.9.